The second-order valence-electron chi connectivity index (χ2n) is 8.08. The summed E-state index contributed by atoms with van der Waals surface area (Å²) in [5.41, 5.74) is 11.8. The van der Waals surface area contributed by atoms with Gasteiger partial charge in [0.1, 0.15) is 0 Å². The van der Waals surface area contributed by atoms with Crippen molar-refractivity contribution < 1.29 is 4.79 Å². The maximum Gasteiger partial charge on any atom is 0.219 e. The second-order valence-corrected chi connectivity index (χ2v) is 8.08. The topological polar surface area (TPSA) is 61.6 Å². The van der Waals surface area contributed by atoms with Crippen molar-refractivity contribution in [2.45, 2.75) is 19.8 Å². The lowest BCUT2D eigenvalue weighted by Gasteiger charge is -2.29. The van der Waals surface area contributed by atoms with Crippen molar-refractivity contribution in [2.75, 3.05) is 49.2 Å². The summed E-state index contributed by atoms with van der Waals surface area (Å²) in [6.07, 6.45) is 2.39. The lowest BCUT2D eigenvalue weighted by molar-refractivity contribution is -0.127. The monoisotopic (exact) mass is 402 g/mol. The summed E-state index contributed by atoms with van der Waals surface area (Å²) in [4.78, 5) is 14.8. The van der Waals surface area contributed by atoms with Crippen LogP contribution in [0.1, 0.15) is 19.8 Å². The highest BCUT2D eigenvalue weighted by Crippen LogP contribution is 2.36. The molecule has 156 valence electrons. The summed E-state index contributed by atoms with van der Waals surface area (Å²) in [5, 5.41) is 5.87. The SMILES string of the molecule is CC(=O)N1CCCC1.CN1CCNc2ccc(-c3cc(N)cc4ccccc34)cc21. The van der Waals surface area contributed by atoms with E-state index in [4.69, 9.17) is 5.73 Å². The minimum atomic E-state index is 0.225. The van der Waals surface area contributed by atoms with E-state index in [9.17, 15) is 4.79 Å². The van der Waals surface area contributed by atoms with E-state index < -0.39 is 0 Å². The molecule has 3 aromatic carbocycles. The summed E-state index contributed by atoms with van der Waals surface area (Å²) in [5.74, 6) is 0.225. The van der Waals surface area contributed by atoms with Gasteiger partial charge in [0, 0.05) is 45.8 Å². The molecule has 0 aliphatic carbocycles. The van der Waals surface area contributed by atoms with Crippen LogP contribution in [0.3, 0.4) is 0 Å². The van der Waals surface area contributed by atoms with E-state index in [1.54, 1.807) is 6.92 Å². The van der Waals surface area contributed by atoms with Crippen LogP contribution in [0.5, 0.6) is 0 Å². The third-order valence-electron chi connectivity index (χ3n) is 5.92. The number of likely N-dealkylation sites (N-methyl/N-ethyl adjacent to an activating group) is 1. The fourth-order valence-electron chi connectivity index (χ4n) is 4.25. The van der Waals surface area contributed by atoms with E-state index in [-0.39, 0.29) is 5.91 Å². The maximum absolute atomic E-state index is 10.6. The number of benzene rings is 3. The number of nitrogens with two attached hydrogens (primary N) is 1. The first-order valence-electron chi connectivity index (χ1n) is 10.7. The van der Waals surface area contributed by atoms with Crippen LogP contribution in [0.2, 0.25) is 0 Å². The molecule has 0 aromatic heterocycles. The van der Waals surface area contributed by atoms with Gasteiger partial charge in [0.2, 0.25) is 5.91 Å². The number of amides is 1. The Balaban J connectivity index is 0.000000230. The number of hydrogen-bond donors (Lipinski definition) is 2. The Morgan fingerprint density at radius 1 is 1.00 bits per heavy atom. The number of nitrogens with one attached hydrogen (secondary N) is 1. The molecule has 0 spiro atoms. The lowest BCUT2D eigenvalue weighted by Crippen LogP contribution is -2.30. The smallest absolute Gasteiger partial charge is 0.219 e. The van der Waals surface area contributed by atoms with Gasteiger partial charge in [0.25, 0.3) is 0 Å². The zero-order valence-electron chi connectivity index (χ0n) is 17.8. The molecule has 0 saturated carbocycles. The fraction of sp³-hybridized carbons (Fsp3) is 0.320. The second kappa shape index (κ2) is 8.66. The molecule has 5 nitrogen and oxygen atoms in total. The van der Waals surface area contributed by atoms with Crippen LogP contribution in [-0.4, -0.2) is 44.0 Å². The van der Waals surface area contributed by atoms with Gasteiger partial charge >= 0.3 is 0 Å². The molecule has 3 N–H and O–H groups in total. The maximum atomic E-state index is 10.6. The molecule has 0 bridgehead atoms. The highest BCUT2D eigenvalue weighted by atomic mass is 16.2. The molecule has 0 unspecified atom stereocenters. The van der Waals surface area contributed by atoms with E-state index >= 15 is 0 Å². The Labute approximate surface area is 178 Å². The van der Waals surface area contributed by atoms with E-state index in [1.165, 1.54) is 46.1 Å². The molecular weight excluding hydrogens is 372 g/mol. The van der Waals surface area contributed by atoms with Crippen molar-refractivity contribution in [3.05, 3.63) is 54.6 Å². The van der Waals surface area contributed by atoms with Crippen LogP contribution in [0.25, 0.3) is 21.9 Å². The van der Waals surface area contributed by atoms with Gasteiger partial charge in [0.05, 0.1) is 11.4 Å². The number of hydrogen-bond acceptors (Lipinski definition) is 4. The zero-order valence-corrected chi connectivity index (χ0v) is 17.8. The molecule has 5 heteroatoms. The van der Waals surface area contributed by atoms with Crippen molar-refractivity contribution in [1.82, 2.24) is 4.90 Å². The third-order valence-corrected chi connectivity index (χ3v) is 5.92. The van der Waals surface area contributed by atoms with Crippen molar-refractivity contribution in [2.24, 2.45) is 0 Å². The summed E-state index contributed by atoms with van der Waals surface area (Å²) < 4.78 is 0. The van der Waals surface area contributed by atoms with Crippen LogP contribution < -0.4 is 16.0 Å². The molecular formula is C25H30N4O. The van der Waals surface area contributed by atoms with Crippen molar-refractivity contribution in [3.63, 3.8) is 0 Å². The summed E-state index contributed by atoms with van der Waals surface area (Å²) in [6, 6.07) is 19.1. The van der Waals surface area contributed by atoms with E-state index in [1.807, 2.05) is 11.0 Å². The normalized spacial score (nSPS) is 15.3. The molecule has 1 amide bonds. The Morgan fingerprint density at radius 2 is 1.77 bits per heavy atom. The molecule has 3 aromatic rings. The number of carbonyl (C=O) groups excluding carboxylic acids is 1. The predicted molar refractivity (Wildman–Crippen MR) is 127 cm³/mol. The quantitative estimate of drug-likeness (QED) is 0.585. The minimum Gasteiger partial charge on any atom is -0.399 e. The van der Waals surface area contributed by atoms with Crippen molar-refractivity contribution in [3.8, 4) is 11.1 Å². The molecule has 5 rings (SSSR count). The lowest BCUT2D eigenvalue weighted by atomic mass is 9.96. The van der Waals surface area contributed by atoms with Crippen molar-refractivity contribution >= 4 is 33.7 Å². The molecule has 0 atom stereocenters. The first-order valence-corrected chi connectivity index (χ1v) is 10.7. The first kappa shape index (κ1) is 20.1. The fourth-order valence-corrected chi connectivity index (χ4v) is 4.25. The van der Waals surface area contributed by atoms with Gasteiger partial charge in [-0.3, -0.25) is 4.79 Å². The van der Waals surface area contributed by atoms with Gasteiger partial charge in [-0.05, 0) is 59.0 Å². The van der Waals surface area contributed by atoms with Crippen LogP contribution >= 0.6 is 0 Å². The van der Waals surface area contributed by atoms with Gasteiger partial charge in [-0.2, -0.15) is 0 Å². The molecule has 1 saturated heterocycles. The van der Waals surface area contributed by atoms with Crippen molar-refractivity contribution in [1.29, 1.82) is 0 Å². The Bertz CT molecular complexity index is 1060. The van der Waals surface area contributed by atoms with Crippen LogP contribution in [-0.2, 0) is 4.79 Å². The van der Waals surface area contributed by atoms with Crippen LogP contribution in [0, 0.1) is 0 Å². The molecule has 2 heterocycles. The largest absolute Gasteiger partial charge is 0.399 e. The zero-order chi connectivity index (χ0) is 21.1. The number of anilines is 3. The number of rotatable bonds is 1. The van der Waals surface area contributed by atoms with Gasteiger partial charge in [-0.15, -0.1) is 0 Å². The summed E-state index contributed by atoms with van der Waals surface area (Å²) in [7, 11) is 2.14. The molecule has 2 aliphatic rings. The average Bonchev–Trinajstić information content (AvgIpc) is 3.29. The number of nitrogens with zero attached hydrogens (tertiary/aromatic N) is 2. The molecule has 2 aliphatic heterocycles. The number of carbonyl (C=O) groups is 1. The third kappa shape index (κ3) is 4.20. The summed E-state index contributed by atoms with van der Waals surface area (Å²) >= 11 is 0. The standard InChI is InChI=1S/C19H19N3.C6H11NO/c1-22-9-8-21-18-7-6-14(11-19(18)22)17-12-15(20)10-13-4-2-3-5-16(13)17;1-6(8)7-4-2-3-5-7/h2-7,10-12,21H,8-9,20H2,1H3;2-5H2,1H3. The Morgan fingerprint density at radius 3 is 2.50 bits per heavy atom. The predicted octanol–water partition coefficient (Wildman–Crippen LogP) is 4.58. The van der Waals surface area contributed by atoms with Gasteiger partial charge in [-0.25, -0.2) is 0 Å². The van der Waals surface area contributed by atoms with E-state index in [0.717, 1.165) is 31.9 Å². The number of fused-ring (bicyclic) bond motifs is 2. The van der Waals surface area contributed by atoms with Gasteiger partial charge in [-0.1, -0.05) is 30.3 Å². The van der Waals surface area contributed by atoms with Crippen LogP contribution in [0.15, 0.2) is 54.6 Å². The first-order chi connectivity index (χ1) is 14.5. The Hall–Kier alpha value is -3.21. The number of likely N-dealkylation sites (tertiary alicyclic amines) is 1. The highest BCUT2D eigenvalue weighted by Gasteiger charge is 2.15. The minimum absolute atomic E-state index is 0.225. The average molecular weight is 403 g/mol. The highest BCUT2D eigenvalue weighted by molar-refractivity contribution is 6.00. The Kier molecular flexibility index (Phi) is 5.79. The number of nitrogen functional groups attached to an aromatic ring is 1. The van der Waals surface area contributed by atoms with Gasteiger partial charge in [0.15, 0.2) is 0 Å². The molecule has 30 heavy (non-hydrogen) atoms. The molecule has 1 fully saturated rings. The summed E-state index contributed by atoms with van der Waals surface area (Å²) in [6.45, 7) is 5.61. The van der Waals surface area contributed by atoms with E-state index in [0.29, 0.717) is 0 Å². The van der Waals surface area contributed by atoms with Gasteiger partial charge < -0.3 is 20.9 Å². The van der Waals surface area contributed by atoms with E-state index in [2.05, 4.69) is 65.8 Å². The molecule has 0 radical (unpaired) electrons. The van der Waals surface area contributed by atoms with Crippen LogP contribution in [0.4, 0.5) is 17.1 Å².